The number of benzene rings is 1. The number of rotatable bonds is 7. The molecule has 0 radical (unpaired) electrons. The fraction of sp³-hybridized carbons (Fsp3) is 0.600. The van der Waals surface area contributed by atoms with Gasteiger partial charge in [-0.25, -0.2) is 0 Å². The zero-order valence-corrected chi connectivity index (χ0v) is 15.3. The minimum absolute atomic E-state index is 0.0226. The van der Waals surface area contributed by atoms with E-state index in [1.807, 2.05) is 58.0 Å². The second-order valence-corrected chi connectivity index (χ2v) is 7.67. The Balaban J connectivity index is 2.90. The van der Waals surface area contributed by atoms with Crippen molar-refractivity contribution < 1.29 is 9.59 Å². The third-order valence-electron chi connectivity index (χ3n) is 4.26. The van der Waals surface area contributed by atoms with Gasteiger partial charge in [0.15, 0.2) is 5.78 Å². The molecule has 0 spiro atoms. The molecule has 128 valence electrons. The Morgan fingerprint density at radius 2 is 1.65 bits per heavy atom. The molecule has 0 aromatic heterocycles. The first-order valence-electron chi connectivity index (χ1n) is 8.53. The Kier molecular flexibility index (Phi) is 6.99. The highest BCUT2D eigenvalue weighted by Gasteiger charge is 2.34. The summed E-state index contributed by atoms with van der Waals surface area (Å²) in [5.74, 6) is 0.151. The summed E-state index contributed by atoms with van der Waals surface area (Å²) in [5.41, 5.74) is 0.868. The van der Waals surface area contributed by atoms with Crippen LogP contribution >= 0.6 is 0 Å². The van der Waals surface area contributed by atoms with Gasteiger partial charge in [-0.3, -0.25) is 9.59 Å². The van der Waals surface area contributed by atoms with Crippen LogP contribution in [0.4, 0.5) is 0 Å². The van der Waals surface area contributed by atoms with Gasteiger partial charge in [-0.15, -0.1) is 0 Å². The number of amides is 1. The van der Waals surface area contributed by atoms with E-state index in [1.165, 1.54) is 0 Å². The number of Topliss-reactive ketones (excluding diaryl/α,β-unsaturated/α-hetero) is 1. The molecule has 0 heterocycles. The Hall–Kier alpha value is -1.64. The molecular weight excluding hydrogens is 286 g/mol. The van der Waals surface area contributed by atoms with Gasteiger partial charge in [0.2, 0.25) is 5.91 Å². The zero-order valence-electron chi connectivity index (χ0n) is 15.3. The molecule has 23 heavy (non-hydrogen) atoms. The van der Waals surface area contributed by atoms with Crippen molar-refractivity contribution in [3.05, 3.63) is 35.9 Å². The lowest BCUT2D eigenvalue weighted by molar-refractivity contribution is -0.133. The SMILES string of the molecule is CCC(=O)[C@@H](NC(=O)[C@H](Cc1ccccc1)C(C)C)C(C)(C)C. The first-order chi connectivity index (χ1) is 10.7. The molecule has 0 fully saturated rings. The van der Waals surface area contributed by atoms with E-state index < -0.39 is 6.04 Å². The second-order valence-electron chi connectivity index (χ2n) is 7.67. The van der Waals surface area contributed by atoms with Gasteiger partial charge in [-0.05, 0) is 23.3 Å². The summed E-state index contributed by atoms with van der Waals surface area (Å²) in [5, 5.41) is 3.02. The molecule has 1 N–H and O–H groups in total. The maximum atomic E-state index is 12.8. The molecule has 0 bridgehead atoms. The summed E-state index contributed by atoms with van der Waals surface area (Å²) in [6.45, 7) is 11.9. The molecular formula is C20H31NO2. The molecule has 0 aliphatic rings. The average Bonchev–Trinajstić information content (AvgIpc) is 2.48. The maximum absolute atomic E-state index is 12.8. The molecule has 0 saturated heterocycles. The van der Waals surface area contributed by atoms with Crippen molar-refractivity contribution in [1.82, 2.24) is 5.32 Å². The van der Waals surface area contributed by atoms with Crippen LogP contribution in [0.2, 0.25) is 0 Å². The summed E-state index contributed by atoms with van der Waals surface area (Å²) in [7, 11) is 0. The largest absolute Gasteiger partial charge is 0.346 e. The third-order valence-corrected chi connectivity index (χ3v) is 4.26. The first kappa shape index (κ1) is 19.4. The standard InChI is InChI=1S/C20H31NO2/c1-7-17(22)18(20(4,5)6)21-19(23)16(14(2)3)13-15-11-9-8-10-12-15/h8-12,14,16,18H,7,13H2,1-6H3,(H,21,23)/t16-,18-/m1/s1. The van der Waals surface area contributed by atoms with Crippen molar-refractivity contribution in [3.63, 3.8) is 0 Å². The van der Waals surface area contributed by atoms with E-state index in [2.05, 4.69) is 19.2 Å². The van der Waals surface area contributed by atoms with E-state index in [9.17, 15) is 9.59 Å². The smallest absolute Gasteiger partial charge is 0.224 e. The van der Waals surface area contributed by atoms with Crippen LogP contribution in [0.25, 0.3) is 0 Å². The molecule has 0 aliphatic heterocycles. The lowest BCUT2D eigenvalue weighted by atomic mass is 9.82. The van der Waals surface area contributed by atoms with Crippen LogP contribution in [0.15, 0.2) is 30.3 Å². The van der Waals surface area contributed by atoms with Crippen LogP contribution in [0.3, 0.4) is 0 Å². The average molecular weight is 317 g/mol. The van der Waals surface area contributed by atoms with E-state index in [0.29, 0.717) is 12.8 Å². The van der Waals surface area contributed by atoms with Crippen molar-refractivity contribution in [1.29, 1.82) is 0 Å². The number of hydrogen-bond acceptors (Lipinski definition) is 2. The van der Waals surface area contributed by atoms with Crippen molar-refractivity contribution in [2.75, 3.05) is 0 Å². The van der Waals surface area contributed by atoms with Crippen LogP contribution in [0, 0.1) is 17.3 Å². The molecule has 1 rings (SSSR count). The summed E-state index contributed by atoms with van der Waals surface area (Å²) in [6.07, 6.45) is 1.13. The fourth-order valence-electron chi connectivity index (χ4n) is 2.73. The van der Waals surface area contributed by atoms with Crippen molar-refractivity contribution in [2.45, 2.75) is 60.4 Å². The van der Waals surface area contributed by atoms with Crippen molar-refractivity contribution >= 4 is 11.7 Å². The summed E-state index contributed by atoms with van der Waals surface area (Å²) >= 11 is 0. The summed E-state index contributed by atoms with van der Waals surface area (Å²) in [4.78, 5) is 25.0. The number of hydrogen-bond donors (Lipinski definition) is 1. The van der Waals surface area contributed by atoms with Gasteiger partial charge in [0.1, 0.15) is 0 Å². The fourth-order valence-corrected chi connectivity index (χ4v) is 2.73. The topological polar surface area (TPSA) is 46.2 Å². The van der Waals surface area contributed by atoms with Crippen LogP contribution in [-0.4, -0.2) is 17.7 Å². The lowest BCUT2D eigenvalue weighted by Gasteiger charge is -2.32. The highest BCUT2D eigenvalue weighted by Crippen LogP contribution is 2.23. The van der Waals surface area contributed by atoms with E-state index >= 15 is 0 Å². The molecule has 1 aromatic carbocycles. The summed E-state index contributed by atoms with van der Waals surface area (Å²) < 4.78 is 0. The lowest BCUT2D eigenvalue weighted by Crippen LogP contribution is -2.51. The normalized spacial score (nSPS) is 14.4. The number of carbonyl (C=O) groups is 2. The summed E-state index contributed by atoms with van der Waals surface area (Å²) in [6, 6.07) is 9.61. The third kappa shape index (κ3) is 5.81. The Labute approximate surface area is 140 Å². The molecule has 3 nitrogen and oxygen atoms in total. The highest BCUT2D eigenvalue weighted by molar-refractivity contribution is 5.90. The van der Waals surface area contributed by atoms with Gasteiger partial charge < -0.3 is 5.32 Å². The second kappa shape index (κ2) is 8.28. The predicted molar refractivity (Wildman–Crippen MR) is 95.2 cm³/mol. The van der Waals surface area contributed by atoms with E-state index in [-0.39, 0.29) is 28.9 Å². The van der Waals surface area contributed by atoms with Gasteiger partial charge in [0.05, 0.1) is 6.04 Å². The predicted octanol–water partition coefficient (Wildman–Crippen LogP) is 4.01. The number of carbonyl (C=O) groups excluding carboxylic acids is 2. The van der Waals surface area contributed by atoms with Crippen molar-refractivity contribution in [2.24, 2.45) is 17.3 Å². The van der Waals surface area contributed by atoms with Gasteiger partial charge >= 0.3 is 0 Å². The Morgan fingerprint density at radius 3 is 2.09 bits per heavy atom. The zero-order chi connectivity index (χ0) is 17.6. The minimum atomic E-state index is -0.433. The molecule has 0 aliphatic carbocycles. The van der Waals surface area contributed by atoms with Crippen LogP contribution in [-0.2, 0) is 16.0 Å². The van der Waals surface area contributed by atoms with Gasteiger partial charge in [0, 0.05) is 12.3 Å². The Morgan fingerprint density at radius 1 is 1.09 bits per heavy atom. The molecule has 2 atom stereocenters. The van der Waals surface area contributed by atoms with E-state index in [4.69, 9.17) is 0 Å². The van der Waals surface area contributed by atoms with Gasteiger partial charge in [-0.2, -0.15) is 0 Å². The van der Waals surface area contributed by atoms with E-state index in [0.717, 1.165) is 5.56 Å². The number of nitrogens with one attached hydrogen (secondary N) is 1. The van der Waals surface area contributed by atoms with Gasteiger partial charge in [0.25, 0.3) is 0 Å². The van der Waals surface area contributed by atoms with Crippen molar-refractivity contribution in [3.8, 4) is 0 Å². The molecule has 1 aromatic rings. The van der Waals surface area contributed by atoms with Crippen LogP contribution < -0.4 is 5.32 Å². The van der Waals surface area contributed by atoms with Crippen LogP contribution in [0.5, 0.6) is 0 Å². The van der Waals surface area contributed by atoms with E-state index in [1.54, 1.807) is 0 Å². The van der Waals surface area contributed by atoms with Gasteiger partial charge in [-0.1, -0.05) is 71.9 Å². The molecule has 0 saturated carbocycles. The van der Waals surface area contributed by atoms with Crippen LogP contribution in [0.1, 0.15) is 53.5 Å². The maximum Gasteiger partial charge on any atom is 0.224 e. The molecule has 1 amide bonds. The molecule has 0 unspecified atom stereocenters. The minimum Gasteiger partial charge on any atom is -0.346 e. The first-order valence-corrected chi connectivity index (χ1v) is 8.53. The molecule has 3 heteroatoms. The number of ketones is 1. The monoisotopic (exact) mass is 317 g/mol. The highest BCUT2D eigenvalue weighted by atomic mass is 16.2. The quantitative estimate of drug-likeness (QED) is 0.826. The Bertz CT molecular complexity index is 514.